The summed E-state index contributed by atoms with van der Waals surface area (Å²) in [5, 5.41) is 14.6. The molecule has 0 spiro atoms. The number of para-hydroxylation sites is 2. The van der Waals surface area contributed by atoms with Crippen molar-refractivity contribution in [3.63, 3.8) is 0 Å². The third-order valence-corrected chi connectivity index (χ3v) is 6.95. The van der Waals surface area contributed by atoms with Gasteiger partial charge in [0.1, 0.15) is 18.1 Å². The number of nitrogens with zero attached hydrogens (tertiary/aromatic N) is 4. The van der Waals surface area contributed by atoms with Crippen molar-refractivity contribution in [3.05, 3.63) is 123 Å². The Morgan fingerprint density at radius 1 is 1.00 bits per heavy atom. The first-order valence-electron chi connectivity index (χ1n) is 13.4. The minimum atomic E-state index is -0.274. The van der Waals surface area contributed by atoms with E-state index in [0.717, 1.165) is 28.0 Å². The lowest BCUT2D eigenvalue weighted by Crippen LogP contribution is -2.21. The van der Waals surface area contributed by atoms with Gasteiger partial charge in [0.05, 0.1) is 35.9 Å². The molecule has 5 aromatic rings. The van der Waals surface area contributed by atoms with Crippen LogP contribution in [0, 0.1) is 18.3 Å². The van der Waals surface area contributed by atoms with Gasteiger partial charge in [-0.1, -0.05) is 56.3 Å². The van der Waals surface area contributed by atoms with E-state index in [2.05, 4.69) is 25.0 Å². The summed E-state index contributed by atoms with van der Waals surface area (Å²) >= 11 is 0. The number of rotatable bonds is 8. The van der Waals surface area contributed by atoms with E-state index in [0.29, 0.717) is 33.6 Å². The van der Waals surface area contributed by atoms with Crippen molar-refractivity contribution < 1.29 is 9.47 Å². The predicted molar refractivity (Wildman–Crippen MR) is 162 cm³/mol. The fourth-order valence-electron chi connectivity index (χ4n) is 4.72. The number of hydrogen-bond acceptors (Lipinski definition) is 6. The summed E-state index contributed by atoms with van der Waals surface area (Å²) in [6.45, 7) is 6.39. The first kappa shape index (κ1) is 27.4. The Morgan fingerprint density at radius 2 is 1.73 bits per heavy atom. The molecule has 0 fully saturated rings. The van der Waals surface area contributed by atoms with Crippen molar-refractivity contribution in [2.24, 2.45) is 5.10 Å². The Morgan fingerprint density at radius 3 is 2.51 bits per heavy atom. The van der Waals surface area contributed by atoms with E-state index in [1.807, 2.05) is 79.7 Å². The summed E-state index contributed by atoms with van der Waals surface area (Å²) in [7, 11) is 1.66. The third-order valence-electron chi connectivity index (χ3n) is 6.95. The molecule has 0 bridgehead atoms. The van der Waals surface area contributed by atoms with Gasteiger partial charge in [0.2, 0.25) is 0 Å². The van der Waals surface area contributed by atoms with E-state index in [9.17, 15) is 10.1 Å². The molecule has 7 nitrogen and oxygen atoms in total. The number of nitriles is 1. The fraction of sp³-hybridized carbons (Fsp3) is 0.176. The SMILES string of the molecule is COc1cc(C)c(-c2nc3ccccc3c(=O)n2N=Cc2ccccc2OCc2ccccc2C#N)cc1C(C)C. The van der Waals surface area contributed by atoms with Crippen LogP contribution in [-0.2, 0) is 6.61 Å². The number of aryl methyl sites for hydroxylation is 1. The molecular weight excluding hydrogens is 512 g/mol. The molecule has 1 heterocycles. The lowest BCUT2D eigenvalue weighted by molar-refractivity contribution is 0.305. The molecule has 4 aromatic carbocycles. The lowest BCUT2D eigenvalue weighted by Gasteiger charge is -2.17. The molecule has 0 aliphatic rings. The molecule has 0 radical (unpaired) electrons. The quantitative estimate of drug-likeness (QED) is 0.200. The van der Waals surface area contributed by atoms with E-state index < -0.39 is 0 Å². The van der Waals surface area contributed by atoms with Gasteiger partial charge in [0.25, 0.3) is 5.56 Å². The topological polar surface area (TPSA) is 89.5 Å². The molecule has 204 valence electrons. The maximum atomic E-state index is 13.8. The zero-order valence-electron chi connectivity index (χ0n) is 23.5. The molecule has 0 aliphatic carbocycles. The molecule has 0 amide bonds. The highest BCUT2D eigenvalue weighted by Gasteiger charge is 2.18. The van der Waals surface area contributed by atoms with Crippen LogP contribution in [0.5, 0.6) is 11.5 Å². The molecule has 7 heteroatoms. The minimum absolute atomic E-state index is 0.198. The van der Waals surface area contributed by atoms with Gasteiger partial charge in [0.15, 0.2) is 5.82 Å². The number of hydrogen-bond donors (Lipinski definition) is 0. The van der Waals surface area contributed by atoms with Gasteiger partial charge in [0, 0.05) is 16.7 Å². The van der Waals surface area contributed by atoms with Crippen molar-refractivity contribution in [3.8, 4) is 29.0 Å². The van der Waals surface area contributed by atoms with Gasteiger partial charge in [-0.3, -0.25) is 4.79 Å². The summed E-state index contributed by atoms with van der Waals surface area (Å²) < 4.78 is 13.1. The molecule has 0 saturated heterocycles. The first-order valence-corrected chi connectivity index (χ1v) is 13.4. The summed E-state index contributed by atoms with van der Waals surface area (Å²) in [5.41, 5.74) is 5.08. The number of ether oxygens (including phenoxy) is 2. The van der Waals surface area contributed by atoms with Gasteiger partial charge in [-0.2, -0.15) is 15.0 Å². The molecular formula is C34H30N4O3. The van der Waals surface area contributed by atoms with Gasteiger partial charge >= 0.3 is 0 Å². The monoisotopic (exact) mass is 542 g/mol. The fourth-order valence-corrected chi connectivity index (χ4v) is 4.72. The van der Waals surface area contributed by atoms with E-state index in [1.165, 1.54) is 4.68 Å². The van der Waals surface area contributed by atoms with Gasteiger partial charge in [-0.05, 0) is 66.4 Å². The highest BCUT2D eigenvalue weighted by Crippen LogP contribution is 2.34. The molecule has 1 aromatic heterocycles. The van der Waals surface area contributed by atoms with Crippen LogP contribution >= 0.6 is 0 Å². The van der Waals surface area contributed by atoms with Crippen LogP contribution in [0.25, 0.3) is 22.3 Å². The van der Waals surface area contributed by atoms with Crippen LogP contribution in [0.1, 0.15) is 47.6 Å². The van der Waals surface area contributed by atoms with Crippen LogP contribution < -0.4 is 15.0 Å². The molecule has 5 rings (SSSR count). The molecule has 41 heavy (non-hydrogen) atoms. The maximum Gasteiger partial charge on any atom is 0.282 e. The number of aromatic nitrogens is 2. The van der Waals surface area contributed by atoms with Crippen LogP contribution in [0.4, 0.5) is 0 Å². The Balaban J connectivity index is 1.61. The van der Waals surface area contributed by atoms with Crippen molar-refractivity contribution in [1.29, 1.82) is 5.26 Å². The average molecular weight is 543 g/mol. The van der Waals surface area contributed by atoms with E-state index in [-0.39, 0.29) is 18.1 Å². The second-order valence-electron chi connectivity index (χ2n) is 9.97. The Labute approximate surface area is 238 Å². The summed E-state index contributed by atoms with van der Waals surface area (Å²) in [4.78, 5) is 18.7. The summed E-state index contributed by atoms with van der Waals surface area (Å²) in [6.07, 6.45) is 1.61. The van der Waals surface area contributed by atoms with Crippen LogP contribution in [0.15, 0.2) is 94.8 Å². The highest BCUT2D eigenvalue weighted by molar-refractivity contribution is 5.84. The molecule has 0 atom stereocenters. The molecule has 0 aliphatic heterocycles. The summed E-state index contributed by atoms with van der Waals surface area (Å²) in [5.74, 6) is 2.01. The van der Waals surface area contributed by atoms with E-state index in [4.69, 9.17) is 14.5 Å². The molecule has 0 N–H and O–H groups in total. The number of fused-ring (bicyclic) bond motifs is 1. The Kier molecular flexibility index (Phi) is 7.93. The highest BCUT2D eigenvalue weighted by atomic mass is 16.5. The normalized spacial score (nSPS) is 11.2. The second kappa shape index (κ2) is 11.9. The van der Waals surface area contributed by atoms with Crippen LogP contribution in [0.3, 0.4) is 0 Å². The standard InChI is InChI=1S/C34H30N4O3/c1-22(2)28-18-29(23(3)17-32(28)40-4)33-37-30-15-9-8-14-27(30)34(39)38(33)36-20-25-12-7-10-16-31(25)41-21-26-13-6-5-11-24(26)19-35/h5-18,20,22H,21H2,1-4H3. The van der Waals surface area contributed by atoms with Gasteiger partial charge < -0.3 is 9.47 Å². The molecule has 0 saturated carbocycles. The molecule has 0 unspecified atom stereocenters. The zero-order valence-corrected chi connectivity index (χ0v) is 23.5. The minimum Gasteiger partial charge on any atom is -0.496 e. The predicted octanol–water partition coefficient (Wildman–Crippen LogP) is 6.84. The third kappa shape index (κ3) is 5.59. The van der Waals surface area contributed by atoms with E-state index >= 15 is 0 Å². The average Bonchev–Trinajstić information content (AvgIpc) is 2.99. The van der Waals surface area contributed by atoms with Crippen LogP contribution in [0.2, 0.25) is 0 Å². The van der Waals surface area contributed by atoms with Crippen molar-refractivity contribution in [2.45, 2.75) is 33.3 Å². The number of benzene rings is 4. The largest absolute Gasteiger partial charge is 0.496 e. The van der Waals surface area contributed by atoms with Crippen molar-refractivity contribution in [2.75, 3.05) is 7.11 Å². The Hall–Kier alpha value is -5.22. The smallest absolute Gasteiger partial charge is 0.282 e. The second-order valence-corrected chi connectivity index (χ2v) is 9.97. The zero-order chi connectivity index (χ0) is 28.9. The maximum absolute atomic E-state index is 13.8. The summed E-state index contributed by atoms with van der Waals surface area (Å²) in [6, 6.07) is 28.2. The van der Waals surface area contributed by atoms with Gasteiger partial charge in [-0.15, -0.1) is 0 Å². The lowest BCUT2D eigenvalue weighted by atomic mass is 9.96. The Bertz CT molecular complexity index is 1870. The number of methoxy groups -OCH3 is 1. The van der Waals surface area contributed by atoms with Crippen molar-refractivity contribution in [1.82, 2.24) is 9.66 Å². The van der Waals surface area contributed by atoms with Gasteiger partial charge in [-0.25, -0.2) is 4.98 Å². The van der Waals surface area contributed by atoms with Crippen molar-refractivity contribution >= 4 is 17.1 Å². The van der Waals surface area contributed by atoms with Crippen LogP contribution in [-0.4, -0.2) is 23.0 Å². The first-order chi connectivity index (χ1) is 19.9. The van der Waals surface area contributed by atoms with E-state index in [1.54, 1.807) is 25.5 Å².